The van der Waals surface area contributed by atoms with Crippen molar-refractivity contribution in [3.63, 3.8) is 0 Å². The zero-order chi connectivity index (χ0) is 19.7. The number of urea groups is 1. The van der Waals surface area contributed by atoms with Crippen LogP contribution < -0.4 is 4.90 Å². The Kier molecular flexibility index (Phi) is 5.26. The van der Waals surface area contributed by atoms with E-state index in [1.807, 2.05) is 30.3 Å². The predicted octanol–water partition coefficient (Wildman–Crippen LogP) is 5.14. The molecule has 1 unspecified atom stereocenters. The monoisotopic (exact) mass is 414 g/mol. The maximum atomic E-state index is 14.3. The van der Waals surface area contributed by atoms with Crippen LogP contribution in [0.25, 0.3) is 0 Å². The highest BCUT2D eigenvalue weighted by Crippen LogP contribution is 2.37. The fraction of sp³-hybridized carbons (Fsp3) is 0.0952. The van der Waals surface area contributed by atoms with Crippen molar-refractivity contribution >= 4 is 34.7 Å². The van der Waals surface area contributed by atoms with Crippen LogP contribution in [0.1, 0.15) is 11.1 Å². The summed E-state index contributed by atoms with van der Waals surface area (Å²) in [6, 6.07) is 20.2. The van der Waals surface area contributed by atoms with Gasteiger partial charge < -0.3 is 4.55 Å². The van der Waals surface area contributed by atoms with E-state index in [-0.39, 0.29) is 23.7 Å². The van der Waals surface area contributed by atoms with E-state index in [1.54, 1.807) is 30.3 Å². The van der Waals surface area contributed by atoms with Gasteiger partial charge in [0, 0.05) is 10.6 Å². The number of rotatable bonds is 4. The molecular formula is C21H16ClFN2O2S. The first-order valence-corrected chi connectivity index (χ1v) is 10.1. The van der Waals surface area contributed by atoms with Crippen molar-refractivity contribution < 1.29 is 13.7 Å². The Morgan fingerprint density at radius 3 is 2.39 bits per heavy atom. The van der Waals surface area contributed by atoms with Crippen LogP contribution >= 0.6 is 11.6 Å². The van der Waals surface area contributed by atoms with Gasteiger partial charge in [0.15, 0.2) is 0 Å². The van der Waals surface area contributed by atoms with E-state index in [9.17, 15) is 13.7 Å². The van der Waals surface area contributed by atoms with Gasteiger partial charge in [0.1, 0.15) is 22.9 Å². The number of para-hydroxylation sites is 1. The fourth-order valence-electron chi connectivity index (χ4n) is 3.12. The molecule has 2 amide bonds. The predicted molar refractivity (Wildman–Crippen MR) is 108 cm³/mol. The summed E-state index contributed by atoms with van der Waals surface area (Å²) in [7, 11) is 0. The molecule has 0 radical (unpaired) electrons. The number of nitrogens with zero attached hydrogens (tertiary/aromatic N) is 2. The van der Waals surface area contributed by atoms with Crippen LogP contribution in [-0.2, 0) is 24.5 Å². The first-order chi connectivity index (χ1) is 13.6. The standard InChI is InChI=1S/C21H16ClFN2O2S/c22-17-9-6-10-18(23)16(17)14-24-19-11-4-5-12-20(19)28(27)25(21(24)26)13-15-7-2-1-3-8-15/h1-12H,13-14H2. The van der Waals surface area contributed by atoms with Gasteiger partial charge in [-0.15, -0.1) is 4.31 Å². The van der Waals surface area contributed by atoms with Crippen LogP contribution in [0.3, 0.4) is 0 Å². The maximum absolute atomic E-state index is 14.3. The molecule has 0 N–H and O–H groups in total. The van der Waals surface area contributed by atoms with E-state index in [1.165, 1.54) is 21.3 Å². The first kappa shape index (κ1) is 18.8. The zero-order valence-corrected chi connectivity index (χ0v) is 16.3. The quantitative estimate of drug-likeness (QED) is 0.554. The third-order valence-electron chi connectivity index (χ3n) is 4.54. The summed E-state index contributed by atoms with van der Waals surface area (Å²) in [6.45, 7) is 0.131. The molecule has 4 nitrogen and oxygen atoms in total. The minimum atomic E-state index is -1.66. The van der Waals surface area contributed by atoms with Gasteiger partial charge >= 0.3 is 6.03 Å². The summed E-state index contributed by atoms with van der Waals surface area (Å²) < 4.78 is 28.7. The van der Waals surface area contributed by atoms with E-state index >= 15 is 0 Å². The summed E-state index contributed by atoms with van der Waals surface area (Å²) in [5.74, 6) is -0.487. The van der Waals surface area contributed by atoms with Gasteiger partial charge in [-0.25, -0.2) is 9.18 Å². The number of amides is 2. The SMILES string of the molecule is O=C1N(Cc2c(F)cccc2Cl)c2ccccc2[S+]([O-])N1Cc1ccccc1. The summed E-state index contributed by atoms with van der Waals surface area (Å²) in [4.78, 5) is 15.1. The molecule has 142 valence electrons. The van der Waals surface area contributed by atoms with Gasteiger partial charge in [-0.2, -0.15) is 0 Å². The number of hydrogen-bond acceptors (Lipinski definition) is 2. The fourth-order valence-corrected chi connectivity index (χ4v) is 4.64. The van der Waals surface area contributed by atoms with Crippen LogP contribution in [0.15, 0.2) is 77.7 Å². The van der Waals surface area contributed by atoms with E-state index in [2.05, 4.69) is 0 Å². The molecule has 1 aliphatic heterocycles. The number of anilines is 1. The van der Waals surface area contributed by atoms with Crippen molar-refractivity contribution in [1.29, 1.82) is 0 Å². The van der Waals surface area contributed by atoms with Crippen molar-refractivity contribution in [2.24, 2.45) is 0 Å². The van der Waals surface area contributed by atoms with Gasteiger partial charge in [-0.05, 0) is 29.8 Å². The zero-order valence-electron chi connectivity index (χ0n) is 14.7. The second-order valence-corrected chi connectivity index (χ2v) is 8.09. The number of carbonyl (C=O) groups excluding carboxylic acids is 1. The van der Waals surface area contributed by atoms with Crippen molar-refractivity contribution in [1.82, 2.24) is 4.31 Å². The van der Waals surface area contributed by atoms with E-state index in [0.717, 1.165) is 5.56 Å². The molecule has 0 aliphatic carbocycles. The van der Waals surface area contributed by atoms with Crippen molar-refractivity contribution in [3.05, 3.63) is 94.8 Å². The molecule has 0 spiro atoms. The molecule has 0 bridgehead atoms. The largest absolute Gasteiger partial charge is 0.588 e. The molecule has 3 aromatic rings. The maximum Gasteiger partial charge on any atom is 0.367 e. The normalized spacial score (nSPS) is 16.2. The second-order valence-electron chi connectivity index (χ2n) is 6.31. The number of benzene rings is 3. The average molecular weight is 415 g/mol. The van der Waals surface area contributed by atoms with Crippen molar-refractivity contribution in [2.75, 3.05) is 4.90 Å². The number of halogens is 2. The number of fused-ring (bicyclic) bond motifs is 1. The van der Waals surface area contributed by atoms with E-state index in [4.69, 9.17) is 11.6 Å². The van der Waals surface area contributed by atoms with Gasteiger partial charge in [0.25, 0.3) is 0 Å². The molecule has 28 heavy (non-hydrogen) atoms. The molecule has 4 rings (SSSR count). The third-order valence-corrected chi connectivity index (χ3v) is 6.30. The Morgan fingerprint density at radius 1 is 0.929 bits per heavy atom. The molecule has 0 saturated carbocycles. The van der Waals surface area contributed by atoms with Crippen molar-refractivity contribution in [2.45, 2.75) is 18.0 Å². The highest BCUT2D eigenvalue weighted by molar-refractivity contribution is 7.90. The van der Waals surface area contributed by atoms with Crippen LogP contribution in [0.4, 0.5) is 14.9 Å². The lowest BCUT2D eigenvalue weighted by atomic mass is 10.1. The first-order valence-electron chi connectivity index (χ1n) is 8.63. The summed E-state index contributed by atoms with van der Waals surface area (Å²) in [5, 5.41) is 0.242. The Hall–Kier alpha value is -2.54. The molecule has 3 aromatic carbocycles. The van der Waals surface area contributed by atoms with Crippen LogP contribution in [0.5, 0.6) is 0 Å². The lowest BCUT2D eigenvalue weighted by Crippen LogP contribution is -2.50. The van der Waals surface area contributed by atoms with Crippen LogP contribution in [0.2, 0.25) is 5.02 Å². The average Bonchev–Trinajstić information content (AvgIpc) is 2.71. The van der Waals surface area contributed by atoms with Crippen molar-refractivity contribution in [3.8, 4) is 0 Å². The minimum absolute atomic E-state index is 0.0517. The van der Waals surface area contributed by atoms with Gasteiger partial charge in [-0.3, -0.25) is 4.90 Å². The van der Waals surface area contributed by atoms with Crippen LogP contribution in [-0.4, -0.2) is 14.9 Å². The Bertz CT molecular complexity index is 998. The van der Waals surface area contributed by atoms with Gasteiger partial charge in [0.2, 0.25) is 4.90 Å². The molecule has 0 fully saturated rings. The Morgan fingerprint density at radius 2 is 1.64 bits per heavy atom. The lowest BCUT2D eigenvalue weighted by molar-refractivity contribution is 0.226. The van der Waals surface area contributed by atoms with Gasteiger partial charge in [0.05, 0.1) is 13.1 Å². The highest BCUT2D eigenvalue weighted by Gasteiger charge is 2.41. The Balaban J connectivity index is 1.74. The smallest absolute Gasteiger partial charge is 0.367 e. The molecule has 1 atom stereocenters. The third kappa shape index (κ3) is 3.46. The second kappa shape index (κ2) is 7.83. The molecule has 0 saturated heterocycles. The number of hydrogen-bond donors (Lipinski definition) is 0. The lowest BCUT2D eigenvalue weighted by Gasteiger charge is -2.36. The Labute approximate surface area is 170 Å². The van der Waals surface area contributed by atoms with E-state index in [0.29, 0.717) is 10.6 Å². The highest BCUT2D eigenvalue weighted by atomic mass is 35.5. The molecule has 1 heterocycles. The summed E-state index contributed by atoms with van der Waals surface area (Å²) >= 11 is 4.51. The molecular weight excluding hydrogens is 399 g/mol. The van der Waals surface area contributed by atoms with Gasteiger partial charge in [-0.1, -0.05) is 60.1 Å². The molecule has 7 heteroatoms. The van der Waals surface area contributed by atoms with E-state index < -0.39 is 23.2 Å². The topological polar surface area (TPSA) is 46.6 Å². The molecule has 1 aliphatic rings. The summed E-state index contributed by atoms with van der Waals surface area (Å²) in [6.07, 6.45) is 0. The minimum Gasteiger partial charge on any atom is -0.588 e. The summed E-state index contributed by atoms with van der Waals surface area (Å²) in [5.41, 5.74) is 1.57. The molecule has 0 aromatic heterocycles. The number of carbonyl (C=O) groups is 1. The van der Waals surface area contributed by atoms with Crippen LogP contribution in [0, 0.1) is 5.82 Å².